The van der Waals surface area contributed by atoms with E-state index in [-0.39, 0.29) is 25.1 Å². The number of nitrogens with two attached hydrogens (primary N) is 1. The highest BCUT2D eigenvalue weighted by Gasteiger charge is 2.38. The van der Waals surface area contributed by atoms with Gasteiger partial charge in [0.05, 0.1) is 6.61 Å². The number of fused-ring (bicyclic) bond motifs is 1. The summed E-state index contributed by atoms with van der Waals surface area (Å²) in [6.45, 7) is -0.390. The molecule has 212 valence electrons. The van der Waals surface area contributed by atoms with Gasteiger partial charge in [-0.3, -0.25) is 14.4 Å². The zero-order valence-electron chi connectivity index (χ0n) is 21.7. The van der Waals surface area contributed by atoms with Gasteiger partial charge in [-0.15, -0.1) is 0 Å². The molecule has 1 aliphatic rings. The number of aliphatic hydroxyl groups excluding tert-OH is 1. The van der Waals surface area contributed by atoms with Crippen LogP contribution in [0.4, 0.5) is 0 Å². The van der Waals surface area contributed by atoms with Gasteiger partial charge >= 0.3 is 5.97 Å². The van der Waals surface area contributed by atoms with E-state index in [0.717, 1.165) is 16.5 Å². The number of carbonyl (C=O) groups excluding carboxylic acids is 3. The van der Waals surface area contributed by atoms with Crippen molar-refractivity contribution in [2.75, 3.05) is 13.2 Å². The number of nitrogens with one attached hydrogen (secondary N) is 3. The molecule has 0 aliphatic carbocycles. The summed E-state index contributed by atoms with van der Waals surface area (Å²) in [5.74, 6) is -3.07. The third-order valence-electron chi connectivity index (χ3n) is 7.08. The molecule has 12 heteroatoms. The third-order valence-corrected chi connectivity index (χ3v) is 7.08. The van der Waals surface area contributed by atoms with Crippen molar-refractivity contribution in [3.63, 3.8) is 0 Å². The molecule has 40 heavy (non-hydrogen) atoms. The predicted octanol–water partition coefficient (Wildman–Crippen LogP) is 0.0235. The Bertz CT molecular complexity index is 1370. The van der Waals surface area contributed by atoms with Crippen LogP contribution < -0.4 is 16.4 Å². The minimum absolute atomic E-state index is 0.0254. The highest BCUT2D eigenvalue weighted by atomic mass is 16.4. The second kappa shape index (κ2) is 12.6. The number of phenolic OH excluding ortho intramolecular Hbond substituents is 1. The maximum atomic E-state index is 13.7. The third kappa shape index (κ3) is 6.58. The highest BCUT2D eigenvalue weighted by Crippen LogP contribution is 2.22. The van der Waals surface area contributed by atoms with Crippen LogP contribution in [-0.2, 0) is 32.0 Å². The van der Waals surface area contributed by atoms with Gasteiger partial charge in [-0.1, -0.05) is 30.3 Å². The summed E-state index contributed by atoms with van der Waals surface area (Å²) in [5.41, 5.74) is 7.88. The number of carbonyl (C=O) groups is 4. The summed E-state index contributed by atoms with van der Waals surface area (Å²) in [6.07, 6.45) is 2.63. The normalized spacial score (nSPS) is 17.2. The second-order valence-corrected chi connectivity index (χ2v) is 9.87. The number of aliphatic carboxylic acids is 1. The van der Waals surface area contributed by atoms with Gasteiger partial charge in [0.1, 0.15) is 29.9 Å². The molecular formula is C28H33N5O7. The van der Waals surface area contributed by atoms with Crippen molar-refractivity contribution in [2.24, 2.45) is 5.73 Å². The molecule has 4 unspecified atom stereocenters. The number of amides is 3. The summed E-state index contributed by atoms with van der Waals surface area (Å²) in [7, 11) is 0. The van der Waals surface area contributed by atoms with Gasteiger partial charge in [0.2, 0.25) is 17.7 Å². The average molecular weight is 552 g/mol. The molecule has 1 aromatic heterocycles. The van der Waals surface area contributed by atoms with Crippen LogP contribution in [0, 0.1) is 0 Å². The minimum atomic E-state index is -1.26. The van der Waals surface area contributed by atoms with E-state index in [4.69, 9.17) is 5.73 Å². The van der Waals surface area contributed by atoms with Gasteiger partial charge in [-0.25, -0.2) is 4.79 Å². The van der Waals surface area contributed by atoms with Crippen molar-refractivity contribution in [3.8, 4) is 5.75 Å². The number of aliphatic hydroxyl groups is 1. The van der Waals surface area contributed by atoms with Gasteiger partial charge in [-0.05, 0) is 42.2 Å². The number of carboxylic acids is 1. The molecule has 0 spiro atoms. The number of nitrogens with zero attached hydrogens (tertiary/aromatic N) is 1. The van der Waals surface area contributed by atoms with E-state index in [1.54, 1.807) is 18.3 Å². The summed E-state index contributed by atoms with van der Waals surface area (Å²) in [4.78, 5) is 56.0. The van der Waals surface area contributed by atoms with E-state index in [9.17, 15) is 34.5 Å². The lowest BCUT2D eigenvalue weighted by atomic mass is 10.0. The quantitative estimate of drug-likeness (QED) is 0.173. The van der Waals surface area contributed by atoms with Crippen LogP contribution in [0.15, 0.2) is 54.7 Å². The fourth-order valence-electron chi connectivity index (χ4n) is 4.92. The largest absolute Gasteiger partial charge is 0.508 e. The fourth-order valence-corrected chi connectivity index (χ4v) is 4.92. The van der Waals surface area contributed by atoms with Gasteiger partial charge in [-0.2, -0.15) is 0 Å². The van der Waals surface area contributed by atoms with Crippen LogP contribution in [0.1, 0.15) is 24.0 Å². The van der Waals surface area contributed by atoms with Crippen molar-refractivity contribution in [1.82, 2.24) is 20.5 Å². The Morgan fingerprint density at radius 2 is 1.70 bits per heavy atom. The lowest BCUT2D eigenvalue weighted by Crippen LogP contribution is -2.58. The zero-order chi connectivity index (χ0) is 28.8. The number of aromatic hydroxyl groups is 1. The number of phenols is 1. The van der Waals surface area contributed by atoms with Crippen molar-refractivity contribution < 1.29 is 34.5 Å². The van der Waals surface area contributed by atoms with Crippen LogP contribution in [-0.4, -0.2) is 86.2 Å². The number of aromatic nitrogens is 1. The van der Waals surface area contributed by atoms with Gasteiger partial charge < -0.3 is 41.6 Å². The summed E-state index contributed by atoms with van der Waals surface area (Å²) in [6, 6.07) is 8.98. The molecule has 8 N–H and O–H groups in total. The molecule has 0 radical (unpaired) electrons. The van der Waals surface area contributed by atoms with Crippen LogP contribution in [0.3, 0.4) is 0 Å². The average Bonchev–Trinajstić information content (AvgIpc) is 3.60. The second-order valence-electron chi connectivity index (χ2n) is 9.87. The van der Waals surface area contributed by atoms with Gasteiger partial charge in [0.25, 0.3) is 0 Å². The standard InChI is InChI=1S/C28H33N5O7/c29-20(15-34)25(36)31-22(13-17-14-30-21-5-2-1-4-19(17)21)26(37)32-23(12-16-7-9-18(35)10-8-16)27(38)33-11-3-6-24(33)28(39)40/h1-2,4-5,7-10,14,20,22-24,30,34-35H,3,6,11-13,15,29H2,(H,31,36)(H,32,37)(H,39,40). The van der Waals surface area contributed by atoms with Crippen molar-refractivity contribution in [2.45, 2.75) is 49.9 Å². The Morgan fingerprint density at radius 1 is 1.00 bits per heavy atom. The highest BCUT2D eigenvalue weighted by molar-refractivity contribution is 5.95. The predicted molar refractivity (Wildman–Crippen MR) is 145 cm³/mol. The minimum Gasteiger partial charge on any atom is -0.508 e. The smallest absolute Gasteiger partial charge is 0.326 e. The van der Waals surface area contributed by atoms with Crippen LogP contribution >= 0.6 is 0 Å². The topological polar surface area (TPSA) is 198 Å². The van der Waals surface area contributed by atoms with E-state index in [1.165, 1.54) is 17.0 Å². The summed E-state index contributed by atoms with van der Waals surface area (Å²) < 4.78 is 0. The van der Waals surface area contributed by atoms with Crippen molar-refractivity contribution in [1.29, 1.82) is 0 Å². The first kappa shape index (κ1) is 28.6. The Labute approximate surface area is 230 Å². The van der Waals surface area contributed by atoms with E-state index in [2.05, 4.69) is 15.6 Å². The van der Waals surface area contributed by atoms with Gasteiger partial charge in [0, 0.05) is 36.5 Å². The summed E-state index contributed by atoms with van der Waals surface area (Å²) >= 11 is 0. The number of para-hydroxylation sites is 1. The van der Waals surface area contributed by atoms with Crippen LogP contribution in [0.2, 0.25) is 0 Å². The molecule has 4 rings (SSSR count). The number of likely N-dealkylation sites (tertiary alicyclic amines) is 1. The van der Waals surface area contributed by atoms with Crippen molar-refractivity contribution in [3.05, 3.63) is 65.9 Å². The van der Waals surface area contributed by atoms with Crippen LogP contribution in [0.25, 0.3) is 10.9 Å². The number of hydrogen-bond acceptors (Lipinski definition) is 7. The zero-order valence-corrected chi connectivity index (χ0v) is 21.7. The molecular weight excluding hydrogens is 518 g/mol. The molecule has 3 amide bonds. The molecule has 1 aliphatic heterocycles. The number of aromatic amines is 1. The van der Waals surface area contributed by atoms with Gasteiger partial charge in [0.15, 0.2) is 0 Å². The molecule has 1 fully saturated rings. The first-order valence-electron chi connectivity index (χ1n) is 13.0. The SMILES string of the molecule is NC(CO)C(=O)NC(Cc1c[nH]c2ccccc12)C(=O)NC(Cc1ccc(O)cc1)C(=O)N1CCCC1C(=O)O. The van der Waals surface area contributed by atoms with E-state index < -0.39 is 54.5 Å². The Kier molecular flexibility index (Phi) is 9.02. The maximum absolute atomic E-state index is 13.7. The monoisotopic (exact) mass is 551 g/mol. The molecule has 3 aromatic rings. The Balaban J connectivity index is 1.62. The van der Waals surface area contributed by atoms with Crippen LogP contribution in [0.5, 0.6) is 5.75 Å². The van der Waals surface area contributed by atoms with E-state index >= 15 is 0 Å². The first-order chi connectivity index (χ1) is 19.2. The number of carboxylic acid groups (broad SMARTS) is 1. The molecule has 2 aromatic carbocycles. The lowest BCUT2D eigenvalue weighted by Gasteiger charge is -2.29. The maximum Gasteiger partial charge on any atom is 0.326 e. The fraction of sp³-hybridized carbons (Fsp3) is 0.357. The Morgan fingerprint density at radius 3 is 2.40 bits per heavy atom. The molecule has 1 saturated heterocycles. The summed E-state index contributed by atoms with van der Waals surface area (Å²) in [5, 5.41) is 34.8. The Hall–Kier alpha value is -4.42. The molecule has 12 nitrogen and oxygen atoms in total. The molecule has 0 saturated carbocycles. The van der Waals surface area contributed by atoms with E-state index in [1.807, 2.05) is 24.3 Å². The lowest BCUT2D eigenvalue weighted by molar-refractivity contribution is -0.149. The first-order valence-corrected chi connectivity index (χ1v) is 13.0. The number of hydrogen-bond donors (Lipinski definition) is 7. The number of benzene rings is 2. The molecule has 0 bridgehead atoms. The molecule has 4 atom stereocenters. The number of rotatable bonds is 11. The molecule has 2 heterocycles. The number of H-pyrrole nitrogens is 1. The van der Waals surface area contributed by atoms with E-state index in [0.29, 0.717) is 18.4 Å². The van der Waals surface area contributed by atoms with Crippen molar-refractivity contribution >= 4 is 34.6 Å².